The minimum absolute atomic E-state index is 0.0318. The molecule has 122 valence electrons. The molecule has 0 spiro atoms. The van der Waals surface area contributed by atoms with Gasteiger partial charge in [-0.1, -0.05) is 6.07 Å². The van der Waals surface area contributed by atoms with E-state index in [9.17, 15) is 19.8 Å². The van der Waals surface area contributed by atoms with Crippen molar-refractivity contribution in [1.29, 1.82) is 0 Å². The first-order valence-electron chi connectivity index (χ1n) is 7.21. The third kappa shape index (κ3) is 2.57. The first-order chi connectivity index (χ1) is 10.9. The van der Waals surface area contributed by atoms with Crippen molar-refractivity contribution in [2.45, 2.75) is 31.2 Å². The molecule has 23 heavy (non-hydrogen) atoms. The molecule has 1 aromatic rings. The number of aromatic nitrogens is 1. The van der Waals surface area contributed by atoms with Crippen LogP contribution in [0.5, 0.6) is 0 Å². The highest BCUT2D eigenvalue weighted by Gasteiger charge is 2.56. The van der Waals surface area contributed by atoms with Crippen LogP contribution in [0.3, 0.4) is 0 Å². The predicted molar refractivity (Wildman–Crippen MR) is 85.0 cm³/mol. The van der Waals surface area contributed by atoms with Gasteiger partial charge in [0.1, 0.15) is 11.5 Å². The molecule has 0 bridgehead atoms. The number of anilines is 1. The number of nitrogen functional groups attached to an aromatic ring is 1. The number of nitrogens with zero attached hydrogens (tertiary/aromatic N) is 2. The summed E-state index contributed by atoms with van der Waals surface area (Å²) in [6, 6.07) is 3.35. The molecule has 1 saturated heterocycles. The first-order valence-corrected chi connectivity index (χ1v) is 8.20. The van der Waals surface area contributed by atoms with Crippen LogP contribution in [0.4, 0.5) is 5.82 Å². The molecular weight excluding hydrogens is 318 g/mol. The van der Waals surface area contributed by atoms with E-state index in [0.717, 1.165) is 5.56 Å². The van der Waals surface area contributed by atoms with Crippen LogP contribution in [-0.4, -0.2) is 44.1 Å². The fourth-order valence-corrected chi connectivity index (χ4v) is 4.28. The smallest absolute Gasteiger partial charge is 0.353 e. The zero-order valence-corrected chi connectivity index (χ0v) is 13.3. The van der Waals surface area contributed by atoms with Crippen LogP contribution < -0.4 is 5.73 Å². The minimum atomic E-state index is -1.12. The number of hydrogen-bond acceptors (Lipinski definition) is 6. The molecule has 3 heterocycles. The number of β-lactam (4-membered cyclic amide) rings is 1. The summed E-state index contributed by atoms with van der Waals surface area (Å²) in [5.41, 5.74) is 6.65. The standard InChI is InChI=1S/C15H17N3O4S/c1-7(19)11-9-5-10(12(15(21)22)18(9)14(11)20)23-6-8-3-2-4-17-13(8)16/h2-4,7,9,11,19H,5-6H2,1H3,(H2,16,17)(H,21,22)/t7-,9+,11-/m1/s1. The van der Waals surface area contributed by atoms with Gasteiger partial charge < -0.3 is 20.8 Å². The van der Waals surface area contributed by atoms with Crippen LogP contribution in [0.1, 0.15) is 18.9 Å². The number of aliphatic carboxylic acids is 1. The molecule has 3 atom stereocenters. The Morgan fingerprint density at radius 2 is 2.35 bits per heavy atom. The molecule has 0 aliphatic carbocycles. The second kappa shape index (κ2) is 5.86. The number of aliphatic hydroxyl groups is 1. The molecule has 1 amide bonds. The number of amides is 1. The maximum absolute atomic E-state index is 12.1. The summed E-state index contributed by atoms with van der Waals surface area (Å²) in [6.07, 6.45) is 1.27. The van der Waals surface area contributed by atoms with Crippen molar-refractivity contribution in [2.24, 2.45) is 5.92 Å². The lowest BCUT2D eigenvalue weighted by Gasteiger charge is -2.44. The summed E-state index contributed by atoms with van der Waals surface area (Å²) in [5.74, 6) is -1.06. The lowest BCUT2D eigenvalue weighted by Crippen LogP contribution is -2.61. The third-order valence-corrected chi connectivity index (χ3v) is 5.38. The van der Waals surface area contributed by atoms with Crippen LogP contribution in [0.15, 0.2) is 28.9 Å². The first kappa shape index (κ1) is 15.8. The fourth-order valence-electron chi connectivity index (χ4n) is 3.10. The van der Waals surface area contributed by atoms with Crippen LogP contribution in [0.2, 0.25) is 0 Å². The average Bonchev–Trinajstić information content (AvgIpc) is 2.80. The number of pyridine rings is 1. The number of carbonyl (C=O) groups excluding carboxylic acids is 1. The average molecular weight is 335 g/mol. The van der Waals surface area contributed by atoms with E-state index < -0.39 is 18.0 Å². The Morgan fingerprint density at radius 3 is 2.96 bits per heavy atom. The van der Waals surface area contributed by atoms with Gasteiger partial charge in [0.05, 0.1) is 18.1 Å². The van der Waals surface area contributed by atoms with E-state index in [1.807, 2.05) is 6.07 Å². The Morgan fingerprint density at radius 1 is 1.61 bits per heavy atom. The summed E-state index contributed by atoms with van der Waals surface area (Å²) < 4.78 is 0. The number of fused-ring (bicyclic) bond motifs is 1. The van der Waals surface area contributed by atoms with Crippen LogP contribution in [0.25, 0.3) is 0 Å². The molecule has 0 saturated carbocycles. The Balaban J connectivity index is 1.80. The molecule has 4 N–H and O–H groups in total. The Kier molecular flexibility index (Phi) is 4.03. The molecule has 0 radical (unpaired) electrons. The number of thioether (sulfide) groups is 1. The molecule has 7 nitrogen and oxygen atoms in total. The largest absolute Gasteiger partial charge is 0.477 e. The van der Waals surface area contributed by atoms with Crippen molar-refractivity contribution in [3.63, 3.8) is 0 Å². The minimum Gasteiger partial charge on any atom is -0.477 e. The second-order valence-corrected chi connectivity index (χ2v) is 6.73. The van der Waals surface area contributed by atoms with Gasteiger partial charge in [0, 0.05) is 28.8 Å². The zero-order valence-electron chi connectivity index (χ0n) is 12.5. The maximum Gasteiger partial charge on any atom is 0.353 e. The number of carbonyl (C=O) groups is 2. The van der Waals surface area contributed by atoms with Gasteiger partial charge in [-0.2, -0.15) is 0 Å². The topological polar surface area (TPSA) is 117 Å². The van der Waals surface area contributed by atoms with Gasteiger partial charge in [0.25, 0.3) is 0 Å². The lowest BCUT2D eigenvalue weighted by atomic mass is 9.83. The van der Waals surface area contributed by atoms with E-state index in [-0.39, 0.29) is 17.6 Å². The number of carboxylic acid groups (broad SMARTS) is 1. The number of aliphatic hydroxyl groups excluding tert-OH is 1. The van der Waals surface area contributed by atoms with E-state index in [1.165, 1.54) is 16.7 Å². The highest BCUT2D eigenvalue weighted by Crippen LogP contribution is 2.47. The molecule has 3 rings (SSSR count). The van der Waals surface area contributed by atoms with Crippen molar-refractivity contribution in [1.82, 2.24) is 9.88 Å². The quantitative estimate of drug-likeness (QED) is 0.682. The Labute approximate surface area is 137 Å². The summed E-state index contributed by atoms with van der Waals surface area (Å²) >= 11 is 1.35. The van der Waals surface area contributed by atoms with E-state index in [0.29, 0.717) is 22.9 Å². The van der Waals surface area contributed by atoms with E-state index in [1.54, 1.807) is 19.2 Å². The van der Waals surface area contributed by atoms with Gasteiger partial charge in [-0.25, -0.2) is 9.78 Å². The number of nitrogens with two attached hydrogens (primary N) is 1. The predicted octanol–water partition coefficient (Wildman–Crippen LogP) is 0.805. The molecule has 2 aliphatic heterocycles. The summed E-state index contributed by atoms with van der Waals surface area (Å²) in [6.45, 7) is 1.56. The van der Waals surface area contributed by atoms with E-state index >= 15 is 0 Å². The zero-order chi connectivity index (χ0) is 16.7. The van der Waals surface area contributed by atoms with Gasteiger partial charge in [0.15, 0.2) is 0 Å². The van der Waals surface area contributed by atoms with Gasteiger partial charge in [-0.3, -0.25) is 4.79 Å². The van der Waals surface area contributed by atoms with Crippen LogP contribution in [0, 0.1) is 5.92 Å². The van der Waals surface area contributed by atoms with Crippen molar-refractivity contribution in [3.05, 3.63) is 34.5 Å². The van der Waals surface area contributed by atoms with Gasteiger partial charge >= 0.3 is 5.97 Å². The van der Waals surface area contributed by atoms with Crippen LogP contribution in [-0.2, 0) is 15.3 Å². The van der Waals surface area contributed by atoms with E-state index in [2.05, 4.69) is 4.98 Å². The maximum atomic E-state index is 12.1. The van der Waals surface area contributed by atoms with Crippen molar-refractivity contribution in [2.75, 3.05) is 5.73 Å². The fraction of sp³-hybridized carbons (Fsp3) is 0.400. The van der Waals surface area contributed by atoms with Crippen LogP contribution >= 0.6 is 11.8 Å². The molecule has 0 unspecified atom stereocenters. The van der Waals surface area contributed by atoms with Gasteiger partial charge in [-0.15, -0.1) is 11.8 Å². The highest BCUT2D eigenvalue weighted by atomic mass is 32.2. The Bertz CT molecular complexity index is 704. The Hall–Kier alpha value is -2.06. The summed E-state index contributed by atoms with van der Waals surface area (Å²) in [7, 11) is 0. The lowest BCUT2D eigenvalue weighted by molar-refractivity contribution is -0.161. The van der Waals surface area contributed by atoms with Crippen molar-refractivity contribution < 1.29 is 19.8 Å². The molecule has 1 fully saturated rings. The third-order valence-electron chi connectivity index (χ3n) is 4.22. The van der Waals surface area contributed by atoms with Gasteiger partial charge in [0.2, 0.25) is 5.91 Å². The molecule has 0 aromatic carbocycles. The summed E-state index contributed by atoms with van der Waals surface area (Å²) in [4.78, 5) is 29.6. The second-order valence-electron chi connectivity index (χ2n) is 5.66. The van der Waals surface area contributed by atoms with Gasteiger partial charge in [-0.05, 0) is 13.0 Å². The number of rotatable bonds is 5. The number of hydrogen-bond donors (Lipinski definition) is 3. The number of carboxylic acids is 1. The monoisotopic (exact) mass is 335 g/mol. The van der Waals surface area contributed by atoms with E-state index in [4.69, 9.17) is 5.73 Å². The molecule has 2 aliphatic rings. The molecular formula is C15H17N3O4S. The molecule has 8 heteroatoms. The summed E-state index contributed by atoms with van der Waals surface area (Å²) in [5, 5.41) is 19.1. The SMILES string of the molecule is C[C@@H](O)[C@H]1C(=O)N2C(C(=O)O)=C(SCc3cccnc3N)C[C@@H]12. The molecule has 1 aromatic heterocycles. The highest BCUT2D eigenvalue weighted by molar-refractivity contribution is 8.02. The van der Waals surface area contributed by atoms with Crippen molar-refractivity contribution >= 4 is 29.5 Å². The normalized spacial score (nSPS) is 24.4. The van der Waals surface area contributed by atoms with Crippen molar-refractivity contribution in [3.8, 4) is 0 Å².